The molecule has 16 heavy (non-hydrogen) atoms. The largest absolute Gasteiger partial charge is 0.354 e. The first-order valence-electron chi connectivity index (χ1n) is 5.26. The maximum Gasteiger partial charge on any atom is 0.186 e. The second kappa shape index (κ2) is 4.76. The molecule has 0 aliphatic heterocycles. The Kier molecular flexibility index (Phi) is 3.36. The summed E-state index contributed by atoms with van der Waals surface area (Å²) in [5.74, 6) is 0.741. The van der Waals surface area contributed by atoms with Gasteiger partial charge in [0.2, 0.25) is 0 Å². The molecule has 2 rings (SSSR count). The zero-order valence-corrected chi connectivity index (χ0v) is 10.5. The average molecular weight is 237 g/mol. The second-order valence-corrected chi connectivity index (χ2v) is 5.03. The summed E-state index contributed by atoms with van der Waals surface area (Å²) in [5.41, 5.74) is 1.78. The number of rotatable bonds is 4. The zero-order valence-electron chi connectivity index (χ0n) is 9.65. The summed E-state index contributed by atoms with van der Waals surface area (Å²) in [4.78, 5) is 4.35. The number of aryl methyl sites for hydroxylation is 1. The molecule has 0 atom stereocenters. The Labute approximate surface area is 98.7 Å². The van der Waals surface area contributed by atoms with Crippen LogP contribution in [0.5, 0.6) is 0 Å². The fraction of sp³-hybridized carbons (Fsp3) is 0.455. The first-order valence-corrected chi connectivity index (χ1v) is 6.14. The van der Waals surface area contributed by atoms with E-state index < -0.39 is 0 Å². The lowest BCUT2D eigenvalue weighted by atomic mass is 10.3. The third kappa shape index (κ3) is 2.68. The summed E-state index contributed by atoms with van der Waals surface area (Å²) in [6.45, 7) is 6.91. The van der Waals surface area contributed by atoms with Crippen molar-refractivity contribution in [1.82, 2.24) is 15.5 Å². The van der Waals surface area contributed by atoms with E-state index in [-0.39, 0.29) is 0 Å². The van der Waals surface area contributed by atoms with Gasteiger partial charge >= 0.3 is 0 Å². The molecule has 0 unspecified atom stereocenters. The van der Waals surface area contributed by atoms with Crippen molar-refractivity contribution in [3.05, 3.63) is 22.1 Å². The van der Waals surface area contributed by atoms with E-state index in [1.807, 2.05) is 18.4 Å². The Morgan fingerprint density at radius 1 is 1.50 bits per heavy atom. The molecule has 0 radical (unpaired) electrons. The highest BCUT2D eigenvalue weighted by molar-refractivity contribution is 7.09. The number of hydrogen-bond acceptors (Lipinski definition) is 5. The molecular weight excluding hydrogens is 222 g/mol. The van der Waals surface area contributed by atoms with Gasteiger partial charge in [-0.2, -0.15) is 0 Å². The van der Waals surface area contributed by atoms with E-state index in [0.29, 0.717) is 6.04 Å². The van der Waals surface area contributed by atoms with Gasteiger partial charge in [0.25, 0.3) is 0 Å². The van der Waals surface area contributed by atoms with E-state index in [1.54, 1.807) is 11.3 Å². The molecule has 1 N–H and O–H groups in total. The molecule has 86 valence electrons. The van der Waals surface area contributed by atoms with Crippen molar-refractivity contribution >= 4 is 11.3 Å². The number of thiazole rings is 1. The molecule has 2 aromatic rings. The molecule has 4 nitrogen and oxygen atoms in total. The van der Waals surface area contributed by atoms with Crippen LogP contribution < -0.4 is 5.32 Å². The van der Waals surface area contributed by atoms with Crippen LogP contribution in [-0.4, -0.2) is 16.2 Å². The Morgan fingerprint density at radius 2 is 2.31 bits per heavy atom. The normalized spacial score (nSPS) is 11.2. The van der Waals surface area contributed by atoms with Crippen LogP contribution >= 0.6 is 11.3 Å². The van der Waals surface area contributed by atoms with E-state index in [9.17, 15) is 0 Å². The summed E-state index contributed by atoms with van der Waals surface area (Å²) < 4.78 is 5.25. The van der Waals surface area contributed by atoms with Crippen molar-refractivity contribution in [2.45, 2.75) is 33.4 Å². The number of hydrogen-bond donors (Lipinski definition) is 1. The first kappa shape index (κ1) is 11.3. The molecule has 5 heteroatoms. The van der Waals surface area contributed by atoms with E-state index in [2.05, 4.69) is 29.3 Å². The van der Waals surface area contributed by atoms with Crippen LogP contribution in [0.3, 0.4) is 0 Å². The van der Waals surface area contributed by atoms with Gasteiger partial charge in [0.05, 0.1) is 10.7 Å². The van der Waals surface area contributed by atoms with Crippen LogP contribution in [0.2, 0.25) is 0 Å². The molecule has 0 aromatic carbocycles. The standard InChI is InChI=1S/C11H15N3OS/c1-7(2)12-5-9-4-11(15-14-9)10-6-16-8(3)13-10/h4,6-7,12H,5H2,1-3H3. The lowest BCUT2D eigenvalue weighted by Gasteiger charge is -2.03. The molecule has 2 heterocycles. The van der Waals surface area contributed by atoms with Crippen molar-refractivity contribution in [3.8, 4) is 11.5 Å². The molecule has 0 saturated heterocycles. The van der Waals surface area contributed by atoms with Crippen molar-refractivity contribution in [3.63, 3.8) is 0 Å². The number of nitrogens with zero attached hydrogens (tertiary/aromatic N) is 2. The van der Waals surface area contributed by atoms with E-state index in [1.165, 1.54) is 0 Å². The van der Waals surface area contributed by atoms with Gasteiger partial charge in [-0.3, -0.25) is 0 Å². The molecule has 0 bridgehead atoms. The van der Waals surface area contributed by atoms with Gasteiger partial charge < -0.3 is 9.84 Å². The third-order valence-electron chi connectivity index (χ3n) is 2.12. The number of nitrogens with one attached hydrogen (secondary N) is 1. The monoisotopic (exact) mass is 237 g/mol. The van der Waals surface area contributed by atoms with Gasteiger partial charge in [0.1, 0.15) is 5.69 Å². The SMILES string of the molecule is Cc1nc(-c2cc(CNC(C)C)no2)cs1. The quantitative estimate of drug-likeness (QED) is 0.888. The Hall–Kier alpha value is -1.20. The van der Waals surface area contributed by atoms with Gasteiger partial charge in [-0.15, -0.1) is 11.3 Å². The van der Waals surface area contributed by atoms with Crippen LogP contribution in [0.4, 0.5) is 0 Å². The lowest BCUT2D eigenvalue weighted by Crippen LogP contribution is -2.21. The molecule has 0 spiro atoms. The molecule has 0 amide bonds. The maximum atomic E-state index is 5.25. The van der Waals surface area contributed by atoms with Crippen LogP contribution in [0.1, 0.15) is 24.5 Å². The molecule has 0 fully saturated rings. The first-order chi connectivity index (χ1) is 7.65. The topological polar surface area (TPSA) is 51.0 Å². The summed E-state index contributed by atoms with van der Waals surface area (Å²) in [6.07, 6.45) is 0. The minimum Gasteiger partial charge on any atom is -0.354 e. The molecule has 0 saturated carbocycles. The molecule has 2 aromatic heterocycles. The smallest absolute Gasteiger partial charge is 0.186 e. The minimum absolute atomic E-state index is 0.446. The highest BCUT2D eigenvalue weighted by Gasteiger charge is 2.09. The summed E-state index contributed by atoms with van der Waals surface area (Å²) in [6, 6.07) is 2.38. The summed E-state index contributed by atoms with van der Waals surface area (Å²) >= 11 is 1.61. The Bertz CT molecular complexity index is 461. The van der Waals surface area contributed by atoms with Crippen LogP contribution in [0.25, 0.3) is 11.5 Å². The zero-order chi connectivity index (χ0) is 11.5. The third-order valence-corrected chi connectivity index (χ3v) is 2.90. The van der Waals surface area contributed by atoms with Crippen molar-refractivity contribution in [1.29, 1.82) is 0 Å². The second-order valence-electron chi connectivity index (χ2n) is 3.97. The van der Waals surface area contributed by atoms with Gasteiger partial charge in [-0.1, -0.05) is 19.0 Å². The lowest BCUT2D eigenvalue weighted by molar-refractivity contribution is 0.416. The van der Waals surface area contributed by atoms with Gasteiger partial charge in [-0.25, -0.2) is 4.98 Å². The van der Waals surface area contributed by atoms with Crippen molar-refractivity contribution in [2.75, 3.05) is 0 Å². The van der Waals surface area contributed by atoms with Gasteiger partial charge in [0.15, 0.2) is 5.76 Å². The summed E-state index contributed by atoms with van der Waals surface area (Å²) in [5, 5.41) is 10.3. The van der Waals surface area contributed by atoms with Gasteiger partial charge in [-0.05, 0) is 6.92 Å². The fourth-order valence-electron chi connectivity index (χ4n) is 1.30. The fourth-order valence-corrected chi connectivity index (χ4v) is 1.90. The van der Waals surface area contributed by atoms with Crippen LogP contribution in [-0.2, 0) is 6.54 Å². The Morgan fingerprint density at radius 3 is 2.94 bits per heavy atom. The molecule has 0 aliphatic carbocycles. The highest BCUT2D eigenvalue weighted by atomic mass is 32.1. The van der Waals surface area contributed by atoms with E-state index >= 15 is 0 Å². The van der Waals surface area contributed by atoms with Crippen molar-refractivity contribution < 1.29 is 4.52 Å². The van der Waals surface area contributed by atoms with Gasteiger partial charge in [0, 0.05) is 24.0 Å². The Balaban J connectivity index is 2.07. The van der Waals surface area contributed by atoms with Crippen LogP contribution in [0, 0.1) is 6.92 Å². The molecule has 0 aliphatic rings. The summed E-state index contributed by atoms with van der Waals surface area (Å²) in [7, 11) is 0. The van der Waals surface area contributed by atoms with Crippen molar-refractivity contribution in [2.24, 2.45) is 0 Å². The maximum absolute atomic E-state index is 5.25. The van der Waals surface area contributed by atoms with Crippen LogP contribution in [0.15, 0.2) is 16.0 Å². The molecular formula is C11H15N3OS. The highest BCUT2D eigenvalue weighted by Crippen LogP contribution is 2.22. The predicted octanol–water partition coefficient (Wildman–Crippen LogP) is 2.60. The number of aromatic nitrogens is 2. The minimum atomic E-state index is 0.446. The predicted molar refractivity (Wildman–Crippen MR) is 64.3 cm³/mol. The van der Waals surface area contributed by atoms with E-state index in [0.717, 1.165) is 28.7 Å². The average Bonchev–Trinajstić information content (AvgIpc) is 2.83. The van der Waals surface area contributed by atoms with E-state index in [4.69, 9.17) is 4.52 Å².